The predicted octanol–water partition coefficient (Wildman–Crippen LogP) is 8.59. The number of cyclic esters (lactones) is 1. The van der Waals surface area contributed by atoms with Gasteiger partial charge < -0.3 is 20.1 Å². The molecule has 3 aromatic rings. The number of aromatic carboxylic acids is 1. The van der Waals surface area contributed by atoms with Gasteiger partial charge in [0.2, 0.25) is 0 Å². The van der Waals surface area contributed by atoms with E-state index in [1.54, 1.807) is 6.07 Å². The maximum atomic E-state index is 13.7. The molecule has 0 amide bonds. The average Bonchev–Trinajstić information content (AvgIpc) is 3.24. The molecular weight excluding hydrogens is 652 g/mol. The molecule has 3 N–H and O–H groups in total. The van der Waals surface area contributed by atoms with Crippen LogP contribution in [0.5, 0.6) is 11.5 Å². The molecule has 41 heavy (non-hydrogen) atoms. The molecule has 218 valence electrons. The zero-order chi connectivity index (χ0) is 30.1. The zero-order valence-corrected chi connectivity index (χ0v) is 27.0. The lowest BCUT2D eigenvalue weighted by Crippen LogP contribution is -2.33. The third-order valence-electron chi connectivity index (χ3n) is 7.75. The molecule has 8 heteroatoms. The van der Waals surface area contributed by atoms with Gasteiger partial charge in [-0.05, 0) is 92.9 Å². The summed E-state index contributed by atoms with van der Waals surface area (Å²) in [5, 5.41) is 32.8. The third-order valence-corrected chi connectivity index (χ3v) is 9.52. The number of ether oxygens (including phenoxy) is 1. The van der Waals surface area contributed by atoms with Crippen molar-refractivity contribution in [3.63, 3.8) is 0 Å². The molecule has 0 fully saturated rings. The summed E-state index contributed by atoms with van der Waals surface area (Å²) < 4.78 is 7.71. The highest BCUT2D eigenvalue weighted by molar-refractivity contribution is 9.11. The second-order valence-electron chi connectivity index (χ2n) is 10.6. The minimum Gasteiger partial charge on any atom is -0.506 e. The molecule has 4 rings (SSSR count). The third kappa shape index (κ3) is 5.29. The number of esters is 1. The minimum absolute atomic E-state index is 0.0188. The number of halogens is 2. The van der Waals surface area contributed by atoms with Crippen LogP contribution >= 0.6 is 31.9 Å². The molecule has 0 saturated carbocycles. The quantitative estimate of drug-likeness (QED) is 0.175. The Hall–Kier alpha value is -2.84. The second kappa shape index (κ2) is 12.6. The maximum Gasteiger partial charge on any atom is 0.340 e. The maximum absolute atomic E-state index is 13.7. The van der Waals surface area contributed by atoms with Crippen LogP contribution in [-0.4, -0.2) is 27.3 Å². The van der Waals surface area contributed by atoms with Crippen molar-refractivity contribution in [1.29, 1.82) is 0 Å². The van der Waals surface area contributed by atoms with Crippen molar-refractivity contribution in [2.45, 2.75) is 84.7 Å². The number of aromatic hydroxyl groups is 2. The fraction of sp³-hybridized carbons (Fsp3) is 0.394. The molecule has 1 heterocycles. The van der Waals surface area contributed by atoms with Crippen molar-refractivity contribution in [2.24, 2.45) is 0 Å². The Bertz CT molecular complexity index is 1440. The van der Waals surface area contributed by atoms with Crippen LogP contribution in [-0.2, 0) is 36.0 Å². The number of phenolic OH excluding ortho intramolecular Hbond substituents is 2. The lowest BCUT2D eigenvalue weighted by Gasteiger charge is -2.35. The summed E-state index contributed by atoms with van der Waals surface area (Å²) in [4.78, 5) is 25.6. The van der Waals surface area contributed by atoms with Crippen LogP contribution < -0.4 is 0 Å². The van der Waals surface area contributed by atoms with E-state index in [9.17, 15) is 24.9 Å². The van der Waals surface area contributed by atoms with Gasteiger partial charge in [0.25, 0.3) is 0 Å². The molecule has 0 radical (unpaired) electrons. The van der Waals surface area contributed by atoms with Crippen molar-refractivity contribution in [3.8, 4) is 11.5 Å². The standard InChI is InChI=1S/C33H36Br2O6/c1-5-9-18-16-25(21(11-7-3)29(36)27(18)34)33(24-14-13-20(31(38)39)15-23(24)32(40)41-33)26-17-19(10-6-2)28(35)30(37)22(26)12-8-4/h13-17,36-37H,5-12H2,1-4H3,(H,38,39). The Balaban J connectivity index is 2.26. The first-order valence-electron chi connectivity index (χ1n) is 14.3. The molecule has 0 unspecified atom stereocenters. The van der Waals surface area contributed by atoms with Crippen LogP contribution in [0.15, 0.2) is 39.3 Å². The molecule has 0 bridgehead atoms. The highest BCUT2D eigenvalue weighted by atomic mass is 79.9. The number of carbonyl (C=O) groups excluding carboxylic acids is 1. The van der Waals surface area contributed by atoms with Gasteiger partial charge >= 0.3 is 11.9 Å². The number of hydrogen-bond acceptors (Lipinski definition) is 5. The summed E-state index contributed by atoms with van der Waals surface area (Å²) in [6.07, 6.45) is 5.50. The molecule has 3 aromatic carbocycles. The van der Waals surface area contributed by atoms with Crippen molar-refractivity contribution in [3.05, 3.63) is 89.3 Å². The van der Waals surface area contributed by atoms with Crippen LogP contribution in [0.4, 0.5) is 0 Å². The van der Waals surface area contributed by atoms with Gasteiger partial charge in [0, 0.05) is 27.8 Å². The number of aryl methyl sites for hydroxylation is 2. The van der Waals surface area contributed by atoms with Gasteiger partial charge in [-0.25, -0.2) is 9.59 Å². The smallest absolute Gasteiger partial charge is 0.340 e. The predicted molar refractivity (Wildman–Crippen MR) is 166 cm³/mol. The van der Waals surface area contributed by atoms with Crippen LogP contribution in [0.1, 0.15) is 113 Å². The van der Waals surface area contributed by atoms with E-state index >= 15 is 0 Å². The fourth-order valence-corrected chi connectivity index (χ4v) is 7.06. The van der Waals surface area contributed by atoms with E-state index in [1.807, 2.05) is 26.0 Å². The zero-order valence-electron chi connectivity index (χ0n) is 23.9. The number of carboxylic acid groups (broad SMARTS) is 1. The SMILES string of the molecule is CCCc1cc(C2(c3cc(CCC)c(Br)c(O)c3CCC)OC(=O)c3cc(C(=O)O)ccc32)c(CCC)c(O)c1Br. The molecule has 1 aliphatic heterocycles. The molecule has 1 aliphatic rings. The van der Waals surface area contributed by atoms with Gasteiger partial charge in [-0.15, -0.1) is 0 Å². The molecule has 0 saturated heterocycles. The number of rotatable bonds is 11. The molecule has 0 aromatic heterocycles. The van der Waals surface area contributed by atoms with E-state index in [4.69, 9.17) is 4.74 Å². The first kappa shape index (κ1) is 31.1. The van der Waals surface area contributed by atoms with E-state index in [-0.39, 0.29) is 22.6 Å². The van der Waals surface area contributed by atoms with E-state index in [1.165, 1.54) is 12.1 Å². The fourth-order valence-electron chi connectivity index (χ4n) is 5.96. The van der Waals surface area contributed by atoms with Gasteiger partial charge in [0.15, 0.2) is 5.60 Å². The van der Waals surface area contributed by atoms with Gasteiger partial charge in [0.1, 0.15) is 11.5 Å². The molecule has 0 spiro atoms. The highest BCUT2D eigenvalue weighted by Crippen LogP contribution is 2.54. The van der Waals surface area contributed by atoms with Crippen molar-refractivity contribution < 1.29 is 29.6 Å². The number of carboxylic acids is 1. The molecule has 0 atom stereocenters. The van der Waals surface area contributed by atoms with E-state index in [0.717, 1.165) is 36.8 Å². The van der Waals surface area contributed by atoms with Gasteiger partial charge in [0.05, 0.1) is 20.1 Å². The monoisotopic (exact) mass is 686 g/mol. The van der Waals surface area contributed by atoms with Gasteiger partial charge in [-0.1, -0.05) is 59.4 Å². The van der Waals surface area contributed by atoms with Crippen molar-refractivity contribution >= 4 is 43.8 Å². The van der Waals surface area contributed by atoms with Crippen LogP contribution in [0.2, 0.25) is 0 Å². The summed E-state index contributed by atoms with van der Waals surface area (Å²) in [7, 11) is 0. The number of hydrogen-bond donors (Lipinski definition) is 3. The molecular formula is C33H36Br2O6. The summed E-state index contributed by atoms with van der Waals surface area (Å²) >= 11 is 7.22. The average molecular weight is 688 g/mol. The molecule has 0 aliphatic carbocycles. The summed E-state index contributed by atoms with van der Waals surface area (Å²) in [6, 6.07) is 8.48. The van der Waals surface area contributed by atoms with E-state index < -0.39 is 17.5 Å². The van der Waals surface area contributed by atoms with Gasteiger partial charge in [-0.2, -0.15) is 0 Å². The van der Waals surface area contributed by atoms with Gasteiger partial charge in [-0.3, -0.25) is 0 Å². The largest absolute Gasteiger partial charge is 0.506 e. The Morgan fingerprint density at radius 1 is 0.756 bits per heavy atom. The van der Waals surface area contributed by atoms with Crippen LogP contribution in [0.3, 0.4) is 0 Å². The Kier molecular flexibility index (Phi) is 9.54. The topological polar surface area (TPSA) is 104 Å². The highest BCUT2D eigenvalue weighted by Gasteiger charge is 2.52. The number of carbonyl (C=O) groups is 2. The lowest BCUT2D eigenvalue weighted by molar-refractivity contribution is 0.0244. The van der Waals surface area contributed by atoms with Crippen molar-refractivity contribution in [2.75, 3.05) is 0 Å². The Morgan fingerprint density at radius 3 is 1.63 bits per heavy atom. The number of phenols is 2. The normalized spacial score (nSPS) is 13.8. The summed E-state index contributed by atoms with van der Waals surface area (Å²) in [5.74, 6) is -1.58. The second-order valence-corrected chi connectivity index (χ2v) is 12.2. The van der Waals surface area contributed by atoms with Crippen LogP contribution in [0.25, 0.3) is 0 Å². The molecule has 6 nitrogen and oxygen atoms in total. The van der Waals surface area contributed by atoms with E-state index in [2.05, 4.69) is 45.7 Å². The van der Waals surface area contributed by atoms with Crippen molar-refractivity contribution in [1.82, 2.24) is 0 Å². The Morgan fingerprint density at radius 2 is 1.22 bits per heavy atom. The first-order chi connectivity index (χ1) is 19.6. The minimum atomic E-state index is -1.51. The Labute approximate surface area is 258 Å². The van der Waals surface area contributed by atoms with E-state index in [0.29, 0.717) is 62.4 Å². The first-order valence-corrected chi connectivity index (χ1v) is 15.8. The summed E-state index contributed by atoms with van der Waals surface area (Å²) in [6.45, 7) is 8.15. The van der Waals surface area contributed by atoms with Crippen LogP contribution in [0, 0.1) is 0 Å². The number of fused-ring (bicyclic) bond motifs is 1. The number of benzene rings is 3. The summed E-state index contributed by atoms with van der Waals surface area (Å²) in [5.41, 5.74) is 3.41. The lowest BCUT2D eigenvalue weighted by atomic mass is 9.73.